The number of aryl methyl sites for hydroxylation is 1. The second kappa shape index (κ2) is 7.51. The summed E-state index contributed by atoms with van der Waals surface area (Å²) in [6.07, 6.45) is 2.10. The zero-order chi connectivity index (χ0) is 20.6. The fraction of sp³-hybridized carbons (Fsp3) is 0.185. The van der Waals surface area contributed by atoms with Crippen LogP contribution in [0, 0.1) is 0 Å². The van der Waals surface area contributed by atoms with Gasteiger partial charge in [-0.1, -0.05) is 66.7 Å². The lowest BCUT2D eigenvalue weighted by atomic mass is 9.75. The Balaban J connectivity index is 1.54. The molecule has 0 spiro atoms. The highest BCUT2D eigenvalue weighted by atomic mass is 16.5. The maximum absolute atomic E-state index is 13.6. The van der Waals surface area contributed by atoms with Crippen molar-refractivity contribution in [3.63, 3.8) is 0 Å². The van der Waals surface area contributed by atoms with Crippen LogP contribution < -0.4 is 0 Å². The number of carbonyl (C=O) groups is 1. The number of para-hydroxylation sites is 1. The maximum atomic E-state index is 13.6. The molecule has 0 fully saturated rings. The van der Waals surface area contributed by atoms with E-state index in [0.29, 0.717) is 12.8 Å². The lowest BCUT2D eigenvalue weighted by molar-refractivity contribution is -0.00558. The van der Waals surface area contributed by atoms with Crippen molar-refractivity contribution in [1.29, 1.82) is 0 Å². The molecule has 4 aromatic rings. The third-order valence-corrected chi connectivity index (χ3v) is 6.18. The lowest BCUT2D eigenvalue weighted by Crippen LogP contribution is -2.46. The number of hydrogen-bond donors (Lipinski definition) is 0. The summed E-state index contributed by atoms with van der Waals surface area (Å²) in [6.45, 7) is 0. The maximum Gasteiger partial charge on any atom is 0.195 e. The summed E-state index contributed by atoms with van der Waals surface area (Å²) >= 11 is 0. The average Bonchev–Trinajstić information content (AvgIpc) is 2.81. The Morgan fingerprint density at radius 2 is 1.73 bits per heavy atom. The van der Waals surface area contributed by atoms with E-state index >= 15 is 0 Å². The molecule has 3 heteroatoms. The Hall–Kier alpha value is -3.30. The number of ether oxygens (including phenoxy) is 1. The number of Topliss-reactive ketones (excluding diaryl/α,β-unsaturated/α-hetero) is 1. The van der Waals surface area contributed by atoms with Crippen LogP contribution in [0.4, 0.5) is 0 Å². The first-order valence-electron chi connectivity index (χ1n) is 10.3. The number of methoxy groups -OCH3 is 1. The number of hydrogen-bond acceptors (Lipinski definition) is 3. The molecule has 0 amide bonds. The van der Waals surface area contributed by atoms with Crippen molar-refractivity contribution in [2.45, 2.75) is 24.9 Å². The highest BCUT2D eigenvalue weighted by Gasteiger charge is 2.43. The molecule has 1 aliphatic carbocycles. The number of carbonyl (C=O) groups excluding carboxylic acids is 1. The lowest BCUT2D eigenvalue weighted by Gasteiger charge is -2.35. The summed E-state index contributed by atoms with van der Waals surface area (Å²) < 4.78 is 5.89. The summed E-state index contributed by atoms with van der Waals surface area (Å²) in [5, 5.41) is 1.11. The van der Waals surface area contributed by atoms with Crippen LogP contribution in [-0.2, 0) is 17.6 Å². The Morgan fingerprint density at radius 1 is 0.933 bits per heavy atom. The van der Waals surface area contributed by atoms with Gasteiger partial charge in [0.2, 0.25) is 0 Å². The normalized spacial score (nSPS) is 18.4. The van der Waals surface area contributed by atoms with Crippen molar-refractivity contribution in [3.05, 3.63) is 102 Å². The molecule has 0 saturated carbocycles. The van der Waals surface area contributed by atoms with Gasteiger partial charge < -0.3 is 4.74 Å². The third kappa shape index (κ3) is 3.21. The standard InChI is InChI=1S/C27H23NO2/c1-30-27(18-19-7-3-2-4-8-19)16-15-20-11-12-22(17-23(20)26(27)29)25-14-13-21-9-5-6-10-24(21)28-25/h2-14,17H,15-16,18H2,1H3. The van der Waals surface area contributed by atoms with E-state index in [-0.39, 0.29) is 5.78 Å². The van der Waals surface area contributed by atoms with Gasteiger partial charge in [0.1, 0.15) is 5.60 Å². The van der Waals surface area contributed by atoms with E-state index < -0.39 is 5.60 Å². The minimum Gasteiger partial charge on any atom is -0.370 e. The molecular formula is C27H23NO2. The van der Waals surface area contributed by atoms with E-state index in [1.807, 2.05) is 48.5 Å². The van der Waals surface area contributed by atoms with Crippen LogP contribution in [0.2, 0.25) is 0 Å². The molecule has 0 aliphatic heterocycles. The number of benzene rings is 3. The molecule has 0 N–H and O–H groups in total. The van der Waals surface area contributed by atoms with E-state index in [0.717, 1.165) is 45.3 Å². The highest BCUT2D eigenvalue weighted by molar-refractivity contribution is 6.05. The van der Waals surface area contributed by atoms with Gasteiger partial charge in [0, 0.05) is 30.0 Å². The molecule has 1 aromatic heterocycles. The SMILES string of the molecule is COC1(Cc2ccccc2)CCc2ccc(-c3ccc4ccccc4n3)cc2C1=O. The van der Waals surface area contributed by atoms with Crippen LogP contribution in [0.15, 0.2) is 84.9 Å². The van der Waals surface area contributed by atoms with Gasteiger partial charge in [0.15, 0.2) is 5.78 Å². The Kier molecular flexibility index (Phi) is 4.68. The number of pyridine rings is 1. The van der Waals surface area contributed by atoms with Crippen molar-refractivity contribution in [2.24, 2.45) is 0 Å². The monoisotopic (exact) mass is 393 g/mol. The molecular weight excluding hydrogens is 370 g/mol. The summed E-state index contributed by atoms with van der Waals surface area (Å²) in [5.41, 5.74) is 4.93. The van der Waals surface area contributed by atoms with Crippen molar-refractivity contribution in [3.8, 4) is 11.3 Å². The minimum absolute atomic E-state index is 0.0674. The van der Waals surface area contributed by atoms with Crippen LogP contribution in [0.25, 0.3) is 22.2 Å². The van der Waals surface area contributed by atoms with E-state index in [1.54, 1.807) is 7.11 Å². The Bertz CT molecular complexity index is 1230. The second-order valence-corrected chi connectivity index (χ2v) is 7.95. The highest BCUT2D eigenvalue weighted by Crippen LogP contribution is 2.36. The van der Waals surface area contributed by atoms with Gasteiger partial charge in [-0.3, -0.25) is 4.79 Å². The molecule has 1 aliphatic rings. The Labute approximate surface area is 176 Å². The van der Waals surface area contributed by atoms with Crippen LogP contribution >= 0.6 is 0 Å². The number of fused-ring (bicyclic) bond motifs is 2. The summed E-state index contributed by atoms with van der Waals surface area (Å²) in [6, 6.07) is 28.4. The van der Waals surface area contributed by atoms with E-state index in [2.05, 4.69) is 36.4 Å². The number of ketones is 1. The van der Waals surface area contributed by atoms with Crippen molar-refractivity contribution in [1.82, 2.24) is 4.98 Å². The first kappa shape index (κ1) is 18.7. The summed E-state index contributed by atoms with van der Waals surface area (Å²) in [4.78, 5) is 18.4. The molecule has 0 bridgehead atoms. The molecule has 0 radical (unpaired) electrons. The average molecular weight is 393 g/mol. The van der Waals surface area contributed by atoms with E-state index in [4.69, 9.17) is 9.72 Å². The molecule has 3 aromatic carbocycles. The van der Waals surface area contributed by atoms with Gasteiger partial charge in [-0.15, -0.1) is 0 Å². The minimum atomic E-state index is -0.816. The topological polar surface area (TPSA) is 39.2 Å². The Morgan fingerprint density at radius 3 is 2.57 bits per heavy atom. The van der Waals surface area contributed by atoms with Crippen LogP contribution in [0.1, 0.15) is 27.9 Å². The van der Waals surface area contributed by atoms with Gasteiger partial charge in [0.05, 0.1) is 11.2 Å². The quantitative estimate of drug-likeness (QED) is 0.449. The fourth-order valence-electron chi connectivity index (χ4n) is 4.45. The van der Waals surface area contributed by atoms with E-state index in [9.17, 15) is 4.79 Å². The van der Waals surface area contributed by atoms with Crippen molar-refractivity contribution < 1.29 is 9.53 Å². The fourth-order valence-corrected chi connectivity index (χ4v) is 4.45. The second-order valence-electron chi connectivity index (χ2n) is 7.95. The zero-order valence-electron chi connectivity index (χ0n) is 17.0. The molecule has 1 atom stereocenters. The first-order chi connectivity index (χ1) is 14.7. The molecule has 3 nitrogen and oxygen atoms in total. The van der Waals surface area contributed by atoms with Crippen molar-refractivity contribution in [2.75, 3.05) is 7.11 Å². The van der Waals surface area contributed by atoms with Crippen LogP contribution in [-0.4, -0.2) is 23.5 Å². The van der Waals surface area contributed by atoms with Gasteiger partial charge in [-0.25, -0.2) is 4.98 Å². The van der Waals surface area contributed by atoms with Crippen molar-refractivity contribution >= 4 is 16.7 Å². The van der Waals surface area contributed by atoms with Gasteiger partial charge in [0.25, 0.3) is 0 Å². The number of rotatable bonds is 4. The third-order valence-electron chi connectivity index (χ3n) is 6.18. The molecule has 1 heterocycles. The molecule has 148 valence electrons. The van der Waals surface area contributed by atoms with Gasteiger partial charge in [-0.05, 0) is 42.2 Å². The molecule has 5 rings (SSSR count). The molecule has 30 heavy (non-hydrogen) atoms. The smallest absolute Gasteiger partial charge is 0.195 e. The first-order valence-corrected chi connectivity index (χ1v) is 10.3. The largest absolute Gasteiger partial charge is 0.370 e. The zero-order valence-corrected chi connectivity index (χ0v) is 17.0. The summed E-state index contributed by atoms with van der Waals surface area (Å²) in [5.74, 6) is 0.0674. The molecule has 0 saturated heterocycles. The van der Waals surface area contributed by atoms with Gasteiger partial charge >= 0.3 is 0 Å². The van der Waals surface area contributed by atoms with Crippen LogP contribution in [0.3, 0.4) is 0 Å². The van der Waals surface area contributed by atoms with E-state index in [1.165, 1.54) is 0 Å². The predicted molar refractivity (Wildman–Crippen MR) is 120 cm³/mol. The summed E-state index contributed by atoms with van der Waals surface area (Å²) in [7, 11) is 1.65. The van der Waals surface area contributed by atoms with Crippen LogP contribution in [0.5, 0.6) is 0 Å². The molecule has 1 unspecified atom stereocenters. The predicted octanol–water partition coefficient (Wildman–Crippen LogP) is 5.66. The number of nitrogens with zero attached hydrogens (tertiary/aromatic N) is 1. The number of aromatic nitrogens is 1. The van der Waals surface area contributed by atoms with Gasteiger partial charge in [-0.2, -0.15) is 0 Å².